The predicted octanol–water partition coefficient (Wildman–Crippen LogP) is 2.52. The first kappa shape index (κ1) is 25.7. The van der Waals surface area contributed by atoms with Gasteiger partial charge in [-0.1, -0.05) is 17.7 Å². The summed E-state index contributed by atoms with van der Waals surface area (Å²) in [6.07, 6.45) is 0.852. The number of guanidine groups is 1. The Labute approximate surface area is 183 Å². The third-order valence-electron chi connectivity index (χ3n) is 3.50. The summed E-state index contributed by atoms with van der Waals surface area (Å²) < 4.78 is 10.5. The highest BCUT2D eigenvalue weighted by atomic mass is 127. The molecule has 1 aromatic rings. The van der Waals surface area contributed by atoms with Crippen molar-refractivity contribution in [3.05, 3.63) is 28.8 Å². The SMILES string of the molecule is CCOCCCNC(=NCc1ccc(OC)c(Cl)c1)NCC(=O)N(C)C.I. The Bertz CT molecular complexity index is 600. The smallest absolute Gasteiger partial charge is 0.241 e. The largest absolute Gasteiger partial charge is 0.495 e. The van der Waals surface area contributed by atoms with E-state index in [0.29, 0.717) is 43.0 Å². The van der Waals surface area contributed by atoms with Crippen LogP contribution >= 0.6 is 35.6 Å². The van der Waals surface area contributed by atoms with E-state index in [1.165, 1.54) is 4.90 Å². The molecular formula is C18H30ClIN4O3. The molecule has 0 atom stereocenters. The summed E-state index contributed by atoms with van der Waals surface area (Å²) in [6, 6.07) is 5.54. The quantitative estimate of drug-likeness (QED) is 0.218. The Morgan fingerprint density at radius 3 is 2.63 bits per heavy atom. The number of likely N-dealkylation sites (N-methyl/N-ethyl adjacent to an activating group) is 1. The Hall–Kier alpha value is -1.26. The molecule has 0 heterocycles. The zero-order valence-corrected chi connectivity index (χ0v) is 19.5. The van der Waals surface area contributed by atoms with Crippen molar-refractivity contribution in [2.24, 2.45) is 4.99 Å². The van der Waals surface area contributed by atoms with E-state index in [0.717, 1.165) is 12.0 Å². The summed E-state index contributed by atoms with van der Waals surface area (Å²) in [4.78, 5) is 17.8. The molecule has 154 valence electrons. The van der Waals surface area contributed by atoms with Crippen LogP contribution in [0.25, 0.3) is 0 Å². The predicted molar refractivity (Wildman–Crippen MR) is 120 cm³/mol. The van der Waals surface area contributed by atoms with Gasteiger partial charge in [-0.3, -0.25) is 4.79 Å². The number of ether oxygens (including phenoxy) is 2. The van der Waals surface area contributed by atoms with Gasteiger partial charge in [-0.15, -0.1) is 24.0 Å². The van der Waals surface area contributed by atoms with Gasteiger partial charge in [0.1, 0.15) is 5.75 Å². The second-order valence-electron chi connectivity index (χ2n) is 5.75. The maximum atomic E-state index is 11.8. The molecule has 0 aromatic heterocycles. The van der Waals surface area contributed by atoms with Gasteiger partial charge in [-0.2, -0.15) is 0 Å². The van der Waals surface area contributed by atoms with Crippen LogP contribution in [0.1, 0.15) is 18.9 Å². The number of carbonyl (C=O) groups excluding carboxylic acids is 1. The molecule has 1 aromatic carbocycles. The number of hydrogen-bond acceptors (Lipinski definition) is 4. The highest BCUT2D eigenvalue weighted by Crippen LogP contribution is 2.25. The van der Waals surface area contributed by atoms with Gasteiger partial charge in [-0.05, 0) is 31.0 Å². The maximum absolute atomic E-state index is 11.8. The van der Waals surface area contributed by atoms with Crippen LogP contribution in [0, 0.1) is 0 Å². The van der Waals surface area contributed by atoms with Crippen LogP contribution in [-0.2, 0) is 16.1 Å². The van der Waals surface area contributed by atoms with E-state index in [1.807, 2.05) is 25.1 Å². The van der Waals surface area contributed by atoms with Gasteiger partial charge < -0.3 is 25.0 Å². The van der Waals surface area contributed by atoms with Crippen LogP contribution in [0.3, 0.4) is 0 Å². The van der Waals surface area contributed by atoms with Gasteiger partial charge in [0.15, 0.2) is 5.96 Å². The van der Waals surface area contributed by atoms with Crippen molar-refractivity contribution in [2.45, 2.75) is 19.9 Å². The summed E-state index contributed by atoms with van der Waals surface area (Å²) in [5.41, 5.74) is 0.949. The first-order valence-corrected chi connectivity index (χ1v) is 8.98. The molecule has 0 aliphatic carbocycles. The summed E-state index contributed by atoms with van der Waals surface area (Å²) in [7, 11) is 5.01. The monoisotopic (exact) mass is 512 g/mol. The van der Waals surface area contributed by atoms with Gasteiger partial charge in [0.05, 0.1) is 25.2 Å². The Kier molecular flexibility index (Phi) is 14.1. The molecule has 9 heteroatoms. The molecule has 0 saturated heterocycles. The highest BCUT2D eigenvalue weighted by Gasteiger charge is 2.06. The number of amides is 1. The number of aliphatic imine (C=N–C) groups is 1. The molecule has 0 bridgehead atoms. The van der Waals surface area contributed by atoms with Crippen LogP contribution in [0.2, 0.25) is 5.02 Å². The Morgan fingerprint density at radius 2 is 2.04 bits per heavy atom. The number of nitrogens with one attached hydrogen (secondary N) is 2. The maximum Gasteiger partial charge on any atom is 0.241 e. The van der Waals surface area contributed by atoms with Crippen LogP contribution in [0.5, 0.6) is 5.75 Å². The molecule has 0 aliphatic rings. The minimum Gasteiger partial charge on any atom is -0.495 e. The number of rotatable bonds is 10. The van der Waals surface area contributed by atoms with Crippen molar-refractivity contribution in [2.75, 3.05) is 47.5 Å². The first-order valence-electron chi connectivity index (χ1n) is 8.60. The molecule has 27 heavy (non-hydrogen) atoms. The fraction of sp³-hybridized carbons (Fsp3) is 0.556. The Balaban J connectivity index is 0.00000676. The van der Waals surface area contributed by atoms with E-state index >= 15 is 0 Å². The molecule has 0 unspecified atom stereocenters. The average molecular weight is 513 g/mol. The summed E-state index contributed by atoms with van der Waals surface area (Å²) >= 11 is 6.15. The van der Waals surface area contributed by atoms with Gasteiger partial charge in [0.25, 0.3) is 0 Å². The van der Waals surface area contributed by atoms with Crippen molar-refractivity contribution in [1.82, 2.24) is 15.5 Å². The lowest BCUT2D eigenvalue weighted by molar-refractivity contribution is -0.127. The number of hydrogen-bond donors (Lipinski definition) is 2. The lowest BCUT2D eigenvalue weighted by Crippen LogP contribution is -2.43. The topological polar surface area (TPSA) is 75.2 Å². The minimum absolute atomic E-state index is 0. The summed E-state index contributed by atoms with van der Waals surface area (Å²) in [5.74, 6) is 1.17. The van der Waals surface area contributed by atoms with Crippen molar-refractivity contribution >= 4 is 47.4 Å². The van der Waals surface area contributed by atoms with Crippen molar-refractivity contribution < 1.29 is 14.3 Å². The van der Waals surface area contributed by atoms with Crippen LogP contribution < -0.4 is 15.4 Å². The van der Waals surface area contributed by atoms with Gasteiger partial charge in [0.2, 0.25) is 5.91 Å². The molecule has 2 N–H and O–H groups in total. The third-order valence-corrected chi connectivity index (χ3v) is 3.80. The van der Waals surface area contributed by atoms with Crippen LogP contribution in [0.15, 0.2) is 23.2 Å². The molecule has 7 nitrogen and oxygen atoms in total. The lowest BCUT2D eigenvalue weighted by Gasteiger charge is -2.15. The normalized spacial score (nSPS) is 10.8. The third kappa shape index (κ3) is 10.6. The standard InChI is InChI=1S/C18H29ClN4O3.HI/c1-5-26-10-6-9-20-18(22-13-17(24)23(2)3)21-12-14-7-8-16(25-4)15(19)11-14;/h7-8,11H,5-6,9-10,12-13H2,1-4H3,(H2,20,21,22);1H. The first-order chi connectivity index (χ1) is 12.5. The van der Waals surface area contributed by atoms with E-state index in [1.54, 1.807) is 21.2 Å². The van der Waals surface area contributed by atoms with Crippen LogP contribution in [-0.4, -0.2) is 64.3 Å². The van der Waals surface area contributed by atoms with Crippen molar-refractivity contribution in [1.29, 1.82) is 0 Å². The van der Waals surface area contributed by atoms with Gasteiger partial charge >= 0.3 is 0 Å². The zero-order valence-electron chi connectivity index (χ0n) is 16.4. The minimum atomic E-state index is -0.0266. The number of nitrogens with zero attached hydrogens (tertiary/aromatic N) is 2. The number of carbonyl (C=O) groups is 1. The molecule has 0 radical (unpaired) electrons. The van der Waals surface area contributed by atoms with Gasteiger partial charge in [0, 0.05) is 33.9 Å². The molecular weight excluding hydrogens is 483 g/mol. The molecule has 0 saturated carbocycles. The average Bonchev–Trinajstić information content (AvgIpc) is 2.62. The fourth-order valence-electron chi connectivity index (χ4n) is 2.00. The number of benzene rings is 1. The molecule has 1 rings (SSSR count). The second-order valence-corrected chi connectivity index (χ2v) is 6.16. The highest BCUT2D eigenvalue weighted by molar-refractivity contribution is 14.0. The zero-order chi connectivity index (χ0) is 19.4. The molecule has 0 fully saturated rings. The summed E-state index contributed by atoms with van der Waals surface area (Å²) in [6.45, 7) is 4.66. The number of halogens is 2. The van der Waals surface area contributed by atoms with Crippen LogP contribution in [0.4, 0.5) is 0 Å². The van der Waals surface area contributed by atoms with E-state index in [-0.39, 0.29) is 36.4 Å². The number of methoxy groups -OCH3 is 1. The molecule has 0 spiro atoms. The van der Waals surface area contributed by atoms with Gasteiger partial charge in [-0.25, -0.2) is 4.99 Å². The van der Waals surface area contributed by atoms with Crippen molar-refractivity contribution in [3.63, 3.8) is 0 Å². The summed E-state index contributed by atoms with van der Waals surface area (Å²) in [5, 5.41) is 6.80. The van der Waals surface area contributed by atoms with E-state index < -0.39 is 0 Å². The lowest BCUT2D eigenvalue weighted by atomic mass is 10.2. The van der Waals surface area contributed by atoms with Crippen molar-refractivity contribution in [3.8, 4) is 5.75 Å². The molecule has 1 amide bonds. The Morgan fingerprint density at radius 1 is 1.30 bits per heavy atom. The molecule has 0 aliphatic heterocycles. The fourth-order valence-corrected chi connectivity index (χ4v) is 2.28. The van der Waals surface area contributed by atoms with E-state index in [2.05, 4.69) is 15.6 Å². The van der Waals surface area contributed by atoms with E-state index in [4.69, 9.17) is 21.1 Å². The van der Waals surface area contributed by atoms with E-state index in [9.17, 15) is 4.79 Å². The second kappa shape index (κ2) is 14.8.